The first kappa shape index (κ1) is 31.5. The Kier molecular flexibility index (Phi) is 9.67. The van der Waals surface area contributed by atoms with E-state index in [1.807, 2.05) is 0 Å². The highest BCUT2D eigenvalue weighted by atomic mass is 19.3. The molecule has 0 atom stereocenters. The summed E-state index contributed by atoms with van der Waals surface area (Å²) in [6, 6.07) is 10.5. The Hall–Kier alpha value is -4.48. The zero-order valence-electron chi connectivity index (χ0n) is 22.5. The highest BCUT2D eigenvalue weighted by Crippen LogP contribution is 2.34. The largest absolute Gasteiger partial charge is 0.505 e. The summed E-state index contributed by atoms with van der Waals surface area (Å²) in [5.41, 5.74) is -1.39. The second kappa shape index (κ2) is 13.2. The van der Waals surface area contributed by atoms with E-state index in [2.05, 4.69) is 0 Å². The van der Waals surface area contributed by atoms with Crippen LogP contribution >= 0.6 is 0 Å². The van der Waals surface area contributed by atoms with E-state index in [1.54, 1.807) is 6.92 Å². The van der Waals surface area contributed by atoms with Crippen molar-refractivity contribution in [3.05, 3.63) is 95.6 Å². The van der Waals surface area contributed by atoms with Crippen molar-refractivity contribution in [2.45, 2.75) is 25.7 Å². The maximum Gasteiger partial charge on any atom is 0.254 e. The van der Waals surface area contributed by atoms with Crippen molar-refractivity contribution in [3.63, 3.8) is 0 Å². The van der Waals surface area contributed by atoms with Gasteiger partial charge in [0, 0.05) is 47.2 Å². The summed E-state index contributed by atoms with van der Waals surface area (Å²) in [7, 11) is 0. The number of alkyl halides is 2. The Labute approximate surface area is 241 Å². The van der Waals surface area contributed by atoms with Gasteiger partial charge in [0.2, 0.25) is 11.6 Å². The molecule has 0 aliphatic carbocycles. The van der Waals surface area contributed by atoms with Gasteiger partial charge in [-0.05, 0) is 55.5 Å². The number of aromatic hydroxyl groups is 1. The van der Waals surface area contributed by atoms with E-state index in [4.69, 9.17) is 14.2 Å². The summed E-state index contributed by atoms with van der Waals surface area (Å²) in [6.07, 6.45) is -1.56. The summed E-state index contributed by atoms with van der Waals surface area (Å²) in [5, 5.41) is 9.22. The lowest BCUT2D eigenvalue weighted by atomic mass is 10.0. The number of rotatable bonds is 12. The molecule has 0 amide bonds. The zero-order chi connectivity index (χ0) is 31.3. The quantitative estimate of drug-likeness (QED) is 0.163. The van der Waals surface area contributed by atoms with Crippen LogP contribution in [0.4, 0.5) is 35.1 Å². The molecule has 0 aliphatic rings. The van der Waals surface area contributed by atoms with Crippen LogP contribution in [0.2, 0.25) is 0 Å². The smallest absolute Gasteiger partial charge is 0.254 e. The summed E-state index contributed by atoms with van der Waals surface area (Å²) in [6.45, 7) is 0.650. The van der Waals surface area contributed by atoms with Gasteiger partial charge in [0.1, 0.15) is 23.1 Å². The molecule has 0 aromatic heterocycles. The minimum Gasteiger partial charge on any atom is -0.505 e. The molecule has 0 unspecified atom stereocenters. The van der Waals surface area contributed by atoms with E-state index in [0.29, 0.717) is 0 Å². The minimum absolute atomic E-state index is 0.103. The number of halogens is 8. The fourth-order valence-corrected chi connectivity index (χ4v) is 4.12. The van der Waals surface area contributed by atoms with Crippen molar-refractivity contribution >= 4 is 0 Å². The van der Waals surface area contributed by atoms with Crippen LogP contribution in [0.1, 0.15) is 19.8 Å². The molecule has 0 fully saturated rings. The van der Waals surface area contributed by atoms with Crippen LogP contribution in [0.5, 0.6) is 23.0 Å². The third-order valence-corrected chi connectivity index (χ3v) is 6.34. The summed E-state index contributed by atoms with van der Waals surface area (Å²) < 4.78 is 130. The van der Waals surface area contributed by atoms with Crippen LogP contribution in [-0.2, 0) is 0 Å². The molecule has 12 heteroatoms. The van der Waals surface area contributed by atoms with Gasteiger partial charge in [-0.25, -0.2) is 26.3 Å². The molecule has 0 aliphatic heterocycles. The topological polar surface area (TPSA) is 47.9 Å². The summed E-state index contributed by atoms with van der Waals surface area (Å²) in [5.74, 6) is -12.3. The third-order valence-electron chi connectivity index (χ3n) is 6.34. The van der Waals surface area contributed by atoms with Gasteiger partial charge in [0.05, 0.1) is 19.8 Å². The average Bonchev–Trinajstić information content (AvgIpc) is 2.95. The molecule has 0 saturated carbocycles. The van der Waals surface area contributed by atoms with Gasteiger partial charge < -0.3 is 19.3 Å². The van der Waals surface area contributed by atoms with Crippen LogP contribution in [0, 0.1) is 34.9 Å². The predicted molar refractivity (Wildman–Crippen MR) is 142 cm³/mol. The molecular weight excluding hydrogens is 588 g/mol. The van der Waals surface area contributed by atoms with Crippen molar-refractivity contribution in [2.24, 2.45) is 0 Å². The van der Waals surface area contributed by atoms with Crippen LogP contribution in [0.25, 0.3) is 22.3 Å². The van der Waals surface area contributed by atoms with Crippen molar-refractivity contribution < 1.29 is 54.4 Å². The molecule has 1 N–H and O–H groups in total. The van der Waals surface area contributed by atoms with E-state index in [-0.39, 0.29) is 40.5 Å². The fraction of sp³-hybridized carbons (Fsp3) is 0.226. The third kappa shape index (κ3) is 7.30. The molecule has 0 saturated heterocycles. The molecule has 0 heterocycles. The first-order valence-electron chi connectivity index (χ1n) is 12.9. The number of hydrogen-bond acceptors (Lipinski definition) is 4. The Morgan fingerprint density at radius 3 is 1.53 bits per heavy atom. The SMILES string of the molecule is CCOc1ccc(-c2ccc(OCCC(F)(F)CCOc3ccc(-c4ccc(O)c(F)c4F)c(F)c3)cc2F)c(F)c1F. The van der Waals surface area contributed by atoms with Gasteiger partial charge in [-0.3, -0.25) is 0 Å². The highest BCUT2D eigenvalue weighted by Gasteiger charge is 2.29. The Bertz CT molecular complexity index is 1610. The van der Waals surface area contributed by atoms with Crippen LogP contribution in [0.15, 0.2) is 60.7 Å². The molecule has 4 rings (SSSR count). The summed E-state index contributed by atoms with van der Waals surface area (Å²) in [4.78, 5) is 0. The number of ether oxygens (including phenoxy) is 3. The molecule has 43 heavy (non-hydrogen) atoms. The monoisotopic (exact) mass is 612 g/mol. The molecule has 0 radical (unpaired) electrons. The van der Waals surface area contributed by atoms with Crippen molar-refractivity contribution in [1.29, 1.82) is 0 Å². The van der Waals surface area contributed by atoms with E-state index >= 15 is 0 Å². The molecule has 0 spiro atoms. The molecule has 4 aromatic carbocycles. The van der Waals surface area contributed by atoms with Crippen LogP contribution < -0.4 is 14.2 Å². The average molecular weight is 613 g/mol. The van der Waals surface area contributed by atoms with Gasteiger partial charge in [0.15, 0.2) is 23.1 Å². The molecule has 0 bridgehead atoms. The lowest BCUT2D eigenvalue weighted by Gasteiger charge is -2.17. The number of benzene rings is 4. The van der Waals surface area contributed by atoms with Gasteiger partial charge in [-0.1, -0.05) is 0 Å². The lowest BCUT2D eigenvalue weighted by Crippen LogP contribution is -2.22. The van der Waals surface area contributed by atoms with Crippen molar-refractivity contribution in [1.82, 2.24) is 0 Å². The Morgan fingerprint density at radius 2 is 1.05 bits per heavy atom. The zero-order valence-corrected chi connectivity index (χ0v) is 22.5. The van der Waals surface area contributed by atoms with Crippen LogP contribution in [0.3, 0.4) is 0 Å². The second-order valence-electron chi connectivity index (χ2n) is 9.27. The Morgan fingerprint density at radius 1 is 0.581 bits per heavy atom. The van der Waals surface area contributed by atoms with Gasteiger partial charge >= 0.3 is 0 Å². The minimum atomic E-state index is -3.29. The first-order chi connectivity index (χ1) is 20.4. The first-order valence-corrected chi connectivity index (χ1v) is 12.9. The molecule has 228 valence electrons. The maximum absolute atomic E-state index is 14.7. The van der Waals surface area contributed by atoms with Gasteiger partial charge in [0.25, 0.3) is 5.92 Å². The lowest BCUT2D eigenvalue weighted by molar-refractivity contribution is -0.0354. The maximum atomic E-state index is 14.7. The second-order valence-corrected chi connectivity index (χ2v) is 9.27. The standard InChI is InChI=1S/C31H24F8O4/c1-2-41-26-10-8-22(28(35)30(26)37)20-6-4-18(16-24(20)33)43-14-12-31(38,39)11-13-42-17-3-5-19(23(32)15-17)21-7-9-25(40)29(36)27(21)34/h3-10,15-16,40H,2,11-14H2,1H3. The van der Waals surface area contributed by atoms with E-state index in [9.17, 15) is 40.2 Å². The molecule has 4 aromatic rings. The summed E-state index contributed by atoms with van der Waals surface area (Å²) >= 11 is 0. The fourth-order valence-electron chi connectivity index (χ4n) is 4.12. The molecular formula is C31H24F8O4. The molecule has 4 nitrogen and oxygen atoms in total. The number of phenolic OH excluding ortho intramolecular Hbond substituents is 1. The van der Waals surface area contributed by atoms with Crippen LogP contribution in [-0.4, -0.2) is 30.8 Å². The van der Waals surface area contributed by atoms with E-state index in [1.165, 1.54) is 18.2 Å². The van der Waals surface area contributed by atoms with E-state index < -0.39 is 78.2 Å². The normalized spacial score (nSPS) is 11.5. The van der Waals surface area contributed by atoms with Crippen molar-refractivity contribution in [3.8, 4) is 45.3 Å². The number of hydrogen-bond donors (Lipinski definition) is 1. The van der Waals surface area contributed by atoms with E-state index in [0.717, 1.165) is 42.5 Å². The van der Waals surface area contributed by atoms with Crippen molar-refractivity contribution in [2.75, 3.05) is 19.8 Å². The van der Waals surface area contributed by atoms with Gasteiger partial charge in [-0.15, -0.1) is 0 Å². The van der Waals surface area contributed by atoms with Gasteiger partial charge in [-0.2, -0.15) is 8.78 Å². The highest BCUT2D eigenvalue weighted by molar-refractivity contribution is 5.67. The Balaban J connectivity index is 1.29. The number of phenols is 1. The predicted octanol–water partition coefficient (Wildman–Crippen LogP) is 8.83.